The lowest BCUT2D eigenvalue weighted by Gasteiger charge is -2.69. The van der Waals surface area contributed by atoms with Crippen molar-refractivity contribution in [2.24, 2.45) is 40.5 Å². The number of nitrogens with zero attached hydrogens (tertiary/aromatic N) is 5. The molecule has 2 unspecified atom stereocenters. The lowest BCUT2D eigenvalue weighted by atomic mass is 9.39. The molecule has 12 aliphatic rings. The van der Waals surface area contributed by atoms with Gasteiger partial charge in [-0.25, -0.2) is 8.78 Å². The molecule has 3 heterocycles. The molecule has 0 saturated heterocycles. The molecular weight excluding hydrogens is 1740 g/mol. The first-order valence-corrected chi connectivity index (χ1v) is 43.4. The Labute approximate surface area is 750 Å². The fraction of sp³-hybridized carbons (Fsp3) is 0.451. The number of alkyl halides is 3. The Morgan fingerprint density at radius 1 is 0.429 bits per heavy atom. The zero-order valence-electron chi connectivity index (χ0n) is 70.3. The molecule has 35 heteroatoms. The SMILES string of the molecule is CC1CC2(NC(=O)COc3ccc(Cl)c(F)c3)CCC1(C(=O)NCc1ccn(C)n1)CC2.Cc1cc(OCC(=O)NC23CC(C(=O)NCc4ccc(C(F)(F)F)cn4)(C2)C3)ccc1Cl.Cc1cc(OCC(=O)NC23CC(C(=O)NCc4ccc(Cl)cc4)(C2)C3)ccc1Cl.Cc1cnc(CNC(=O)C23CCC(NC(=O)COc4ccc(Cl)c(F)c4)(CC2)CC3C)cn1. The summed E-state index contributed by atoms with van der Waals surface area (Å²) in [6.45, 7) is 10.5. The molecule has 8 bridgehead atoms. The van der Waals surface area contributed by atoms with Crippen LogP contribution in [0.4, 0.5) is 22.0 Å². The Bertz CT molecular complexity index is 5340. The van der Waals surface area contributed by atoms with Crippen LogP contribution >= 0.6 is 58.0 Å². The average molecular weight is 1840 g/mol. The highest BCUT2D eigenvalue weighted by Crippen LogP contribution is 2.68. The predicted molar refractivity (Wildman–Crippen MR) is 461 cm³/mol. The maximum atomic E-state index is 13.6. The van der Waals surface area contributed by atoms with Gasteiger partial charge in [-0.3, -0.25) is 58.0 Å². The van der Waals surface area contributed by atoms with Crippen molar-refractivity contribution in [3.05, 3.63) is 222 Å². The van der Waals surface area contributed by atoms with E-state index in [4.69, 9.17) is 77.0 Å². The summed E-state index contributed by atoms with van der Waals surface area (Å²) in [5.41, 5.74) is 1.65. The first-order chi connectivity index (χ1) is 59.7. The van der Waals surface area contributed by atoms with Gasteiger partial charge in [0, 0.05) is 81.5 Å². The number of amides is 8. The number of ether oxygens (including phenoxy) is 4. The number of benzene rings is 5. The van der Waals surface area contributed by atoms with Gasteiger partial charge in [0.05, 0.1) is 85.9 Å². The fourth-order valence-electron chi connectivity index (χ4n) is 19.1. The lowest BCUT2D eigenvalue weighted by molar-refractivity contribution is -0.184. The highest BCUT2D eigenvalue weighted by atomic mass is 35.5. The molecule has 8 N–H and O–H groups in total. The van der Waals surface area contributed by atoms with Gasteiger partial charge in [-0.15, -0.1) is 0 Å². The molecule has 8 amide bonds. The number of hydrogen-bond acceptors (Lipinski definition) is 16. The number of pyridine rings is 1. The van der Waals surface area contributed by atoms with Crippen LogP contribution in [-0.2, 0) is 77.8 Å². The van der Waals surface area contributed by atoms with E-state index in [1.54, 1.807) is 53.5 Å². The molecule has 0 spiro atoms. The van der Waals surface area contributed by atoms with Crippen molar-refractivity contribution in [2.45, 2.75) is 192 Å². The van der Waals surface area contributed by atoms with Crippen LogP contribution < -0.4 is 61.5 Å². The standard InChI is InChI=1S/C24H28ClFN4O3.C23H28ClFN4O3.C22H22Cl2N2O3.C22H21ClF3N3O3/c1-15-10-23(30-21(31)14-33-18-3-4-19(25)20(26)9-18)5-7-24(15,8-6-23)22(32)29-13-17-12-27-16(2)11-28-17;1-15-12-22(27-20(30)14-32-17-3-4-18(24)19(25)11-17)6-8-23(15,9-7-22)21(31)26-13-16-5-10-29(2)28-16;1-14-8-17(6-7-18(14)24)29-10-19(27)26-22-11-21(12-22,13-22)20(28)25-9-15-2-4-16(23)5-3-15;1-13-6-16(4-5-17(13)23)32-9-18(30)29-21-10-20(11-21,12-21)19(31)28-8-15-3-2-14(7-27-15)22(24,25)26/h3-4,9,11-12,15H,5-8,10,13-14H2,1-2H3,(H,29,32)(H,30,31);3-5,10-11,15H,6-9,12-14H2,1-2H3,(H,26,31)(H,27,30);2-8H,9-13H2,1H3,(H,25,28)(H,26,27);2-7H,8-12H2,1H3,(H,28,31)(H,29,30). The minimum Gasteiger partial charge on any atom is -0.484 e. The topological polar surface area (TPSA) is 326 Å². The van der Waals surface area contributed by atoms with Gasteiger partial charge >= 0.3 is 6.18 Å². The number of aromatic nitrogens is 5. The Morgan fingerprint density at radius 2 is 0.810 bits per heavy atom. The Hall–Kier alpha value is -10.4. The van der Waals surface area contributed by atoms with Crippen LogP contribution in [0, 0.1) is 65.9 Å². The zero-order chi connectivity index (χ0) is 90.4. The van der Waals surface area contributed by atoms with Crippen LogP contribution in [-0.4, -0.2) is 121 Å². The van der Waals surface area contributed by atoms with Crippen LogP contribution in [0.25, 0.3) is 0 Å². The second-order valence-corrected chi connectivity index (χ2v) is 37.2. The third-order valence-electron chi connectivity index (χ3n) is 26.0. The monoisotopic (exact) mass is 1840 g/mol. The molecule has 12 fully saturated rings. The minimum atomic E-state index is -4.45. The number of fused-ring (bicyclic) bond motifs is 6. The minimum absolute atomic E-state index is 0.00315. The van der Waals surface area contributed by atoms with Gasteiger partial charge in [0.1, 0.15) is 34.6 Å². The van der Waals surface area contributed by atoms with Crippen LogP contribution in [0.15, 0.2) is 140 Å². The van der Waals surface area contributed by atoms with Gasteiger partial charge in [0.25, 0.3) is 23.6 Å². The number of carbonyl (C=O) groups excluding carboxylic acids is 8. The Balaban J connectivity index is 0.000000144. The van der Waals surface area contributed by atoms with Gasteiger partial charge in [0.15, 0.2) is 26.4 Å². The van der Waals surface area contributed by atoms with E-state index < -0.39 is 39.6 Å². The highest BCUT2D eigenvalue weighted by molar-refractivity contribution is 6.32. The summed E-state index contributed by atoms with van der Waals surface area (Å²) in [6.07, 6.45) is 12.4. The summed E-state index contributed by atoms with van der Waals surface area (Å²) in [6, 6.07) is 30.1. The molecular formula is C91H99Cl5F5N13O12. The van der Waals surface area contributed by atoms with Gasteiger partial charge in [-0.2, -0.15) is 18.3 Å². The smallest absolute Gasteiger partial charge is 0.417 e. The van der Waals surface area contributed by atoms with Crippen LogP contribution in [0.2, 0.25) is 25.1 Å². The van der Waals surface area contributed by atoms with Gasteiger partial charge in [0.2, 0.25) is 23.6 Å². The molecule has 670 valence electrons. The number of hydrogen-bond donors (Lipinski definition) is 8. The summed E-state index contributed by atoms with van der Waals surface area (Å²) in [5, 5.41) is 30.4. The molecule has 126 heavy (non-hydrogen) atoms. The summed E-state index contributed by atoms with van der Waals surface area (Å²) >= 11 is 29.2. The molecule has 12 aliphatic carbocycles. The molecule has 0 radical (unpaired) electrons. The third kappa shape index (κ3) is 21.9. The first-order valence-electron chi connectivity index (χ1n) is 41.6. The molecule has 25 nitrogen and oxygen atoms in total. The van der Waals surface area contributed by atoms with Crippen molar-refractivity contribution < 1.29 is 79.3 Å². The zero-order valence-corrected chi connectivity index (χ0v) is 74.1. The van der Waals surface area contributed by atoms with Gasteiger partial charge < -0.3 is 61.5 Å². The van der Waals surface area contributed by atoms with Crippen molar-refractivity contribution in [3.8, 4) is 23.0 Å². The number of aryl methyl sites for hydroxylation is 4. The molecule has 2 atom stereocenters. The van der Waals surface area contributed by atoms with Crippen molar-refractivity contribution >= 4 is 105 Å². The first kappa shape index (κ1) is 93.2. The van der Waals surface area contributed by atoms with Crippen molar-refractivity contribution in [3.63, 3.8) is 0 Å². The Kier molecular flexibility index (Phi) is 28.3. The molecule has 12 saturated carbocycles. The second-order valence-electron chi connectivity index (χ2n) is 35.1. The fourth-order valence-corrected chi connectivity index (χ4v) is 19.7. The van der Waals surface area contributed by atoms with E-state index in [0.717, 1.165) is 110 Å². The number of halogens is 10. The average Bonchev–Trinajstić information content (AvgIpc) is 0.722. The summed E-state index contributed by atoms with van der Waals surface area (Å²) in [5.74, 6) is -0.208. The molecule has 20 rings (SSSR count). The summed E-state index contributed by atoms with van der Waals surface area (Å²) < 4.78 is 88.5. The normalized spacial score (nSPS) is 25.1. The molecule has 0 aliphatic heterocycles. The summed E-state index contributed by atoms with van der Waals surface area (Å²) in [4.78, 5) is 113. The van der Waals surface area contributed by atoms with E-state index in [1.807, 2.05) is 64.3 Å². The van der Waals surface area contributed by atoms with Crippen LogP contribution in [0.5, 0.6) is 23.0 Å². The molecule has 8 aromatic rings. The maximum absolute atomic E-state index is 13.6. The van der Waals surface area contributed by atoms with E-state index >= 15 is 0 Å². The second kappa shape index (κ2) is 38.3. The Morgan fingerprint density at radius 3 is 1.17 bits per heavy atom. The molecule has 5 aromatic carbocycles. The lowest BCUT2D eigenvalue weighted by Crippen LogP contribution is -2.78. The van der Waals surface area contributed by atoms with Crippen molar-refractivity contribution in [1.82, 2.24) is 67.3 Å². The highest BCUT2D eigenvalue weighted by Gasteiger charge is 2.73. The van der Waals surface area contributed by atoms with Crippen molar-refractivity contribution in [2.75, 3.05) is 26.4 Å². The van der Waals surface area contributed by atoms with Gasteiger partial charge in [-0.1, -0.05) is 84.0 Å². The van der Waals surface area contributed by atoms with E-state index in [0.29, 0.717) is 103 Å². The quantitative estimate of drug-likeness (QED) is 0.0211. The van der Waals surface area contributed by atoms with Crippen molar-refractivity contribution in [1.29, 1.82) is 0 Å². The number of nitrogens with one attached hydrogen (secondary N) is 8. The summed E-state index contributed by atoms with van der Waals surface area (Å²) in [7, 11) is 1.85. The third-order valence-corrected chi connectivity index (χ3v) is 27.7. The van der Waals surface area contributed by atoms with E-state index in [2.05, 4.69) is 76.4 Å². The van der Waals surface area contributed by atoms with E-state index in [9.17, 15) is 60.3 Å². The number of carbonyl (C=O) groups is 8. The maximum Gasteiger partial charge on any atom is 0.417 e. The molecule has 3 aromatic heterocycles. The van der Waals surface area contributed by atoms with Crippen LogP contribution in [0.3, 0.4) is 0 Å². The van der Waals surface area contributed by atoms with Crippen LogP contribution in [0.1, 0.15) is 162 Å². The van der Waals surface area contributed by atoms with E-state index in [1.165, 1.54) is 30.3 Å². The predicted octanol–water partition coefficient (Wildman–Crippen LogP) is 14.9. The largest absolute Gasteiger partial charge is 0.484 e. The number of rotatable bonds is 28. The van der Waals surface area contributed by atoms with E-state index in [-0.39, 0.29) is 141 Å². The van der Waals surface area contributed by atoms with Gasteiger partial charge in [-0.05, 0) is 243 Å².